The molecule has 0 bridgehead atoms. The highest BCUT2D eigenvalue weighted by atomic mass is 16.5. The van der Waals surface area contributed by atoms with E-state index in [1.807, 2.05) is 0 Å². The van der Waals surface area contributed by atoms with Crippen LogP contribution in [0.4, 0.5) is 0 Å². The molecular weight excluding hydrogens is 176 g/mol. The van der Waals surface area contributed by atoms with Gasteiger partial charge in [-0.05, 0) is 12.8 Å². The van der Waals surface area contributed by atoms with Gasteiger partial charge in [0.05, 0.1) is 12.7 Å². The zero-order valence-electron chi connectivity index (χ0n) is 9.75. The molecule has 0 aromatic rings. The maximum absolute atomic E-state index is 5.74. The number of nitrogens with zero attached hydrogens (tertiary/aromatic N) is 1. The molecule has 0 radical (unpaired) electrons. The molecule has 3 heteroatoms. The predicted molar refractivity (Wildman–Crippen MR) is 59.6 cm³/mol. The minimum Gasteiger partial charge on any atom is -0.377 e. The third-order valence-corrected chi connectivity index (χ3v) is 2.94. The van der Waals surface area contributed by atoms with Crippen molar-refractivity contribution < 1.29 is 4.74 Å². The molecule has 14 heavy (non-hydrogen) atoms. The van der Waals surface area contributed by atoms with Crippen LogP contribution in [0.15, 0.2) is 0 Å². The van der Waals surface area contributed by atoms with E-state index in [-0.39, 0.29) is 0 Å². The zero-order chi connectivity index (χ0) is 10.4. The number of hydrogen-bond donors (Lipinski definition) is 1. The fraction of sp³-hybridized carbons (Fsp3) is 1.00. The number of nitrogens with one attached hydrogen (secondary N) is 1. The number of hydrogen-bond acceptors (Lipinski definition) is 3. The molecule has 0 aromatic heterocycles. The van der Waals surface area contributed by atoms with E-state index >= 15 is 0 Å². The van der Waals surface area contributed by atoms with Gasteiger partial charge in [0.1, 0.15) is 0 Å². The Labute approximate surface area is 87.8 Å². The summed E-state index contributed by atoms with van der Waals surface area (Å²) in [6.07, 6.45) is 0.387. The molecule has 0 spiro atoms. The van der Waals surface area contributed by atoms with Gasteiger partial charge in [-0.3, -0.25) is 4.90 Å². The van der Waals surface area contributed by atoms with E-state index in [2.05, 4.69) is 31.0 Å². The van der Waals surface area contributed by atoms with Gasteiger partial charge in [0, 0.05) is 32.7 Å². The van der Waals surface area contributed by atoms with Crippen molar-refractivity contribution in [2.75, 3.05) is 39.3 Å². The van der Waals surface area contributed by atoms with Crippen LogP contribution in [-0.2, 0) is 4.74 Å². The van der Waals surface area contributed by atoms with Crippen molar-refractivity contribution in [3.63, 3.8) is 0 Å². The normalized spacial score (nSPS) is 21.4. The van der Waals surface area contributed by atoms with Gasteiger partial charge in [-0.25, -0.2) is 0 Å². The Morgan fingerprint density at radius 3 is 2.43 bits per heavy atom. The van der Waals surface area contributed by atoms with Gasteiger partial charge < -0.3 is 10.1 Å². The largest absolute Gasteiger partial charge is 0.377 e. The monoisotopic (exact) mass is 200 g/mol. The van der Waals surface area contributed by atoms with Crippen molar-refractivity contribution in [3.8, 4) is 0 Å². The van der Waals surface area contributed by atoms with Gasteiger partial charge >= 0.3 is 0 Å². The SMILES string of the molecule is CC(C)C(C)OCCN1CCNCC1. The summed E-state index contributed by atoms with van der Waals surface area (Å²) >= 11 is 0. The molecule has 1 heterocycles. The van der Waals surface area contributed by atoms with Crippen molar-refractivity contribution in [1.29, 1.82) is 0 Å². The molecule has 1 rings (SSSR count). The Bertz CT molecular complexity index is 144. The predicted octanol–water partition coefficient (Wildman–Crippen LogP) is 0.953. The van der Waals surface area contributed by atoms with Crippen LogP contribution in [0.3, 0.4) is 0 Å². The van der Waals surface area contributed by atoms with E-state index in [0.717, 1.165) is 26.2 Å². The van der Waals surface area contributed by atoms with Crippen LogP contribution in [0.25, 0.3) is 0 Å². The van der Waals surface area contributed by atoms with Crippen LogP contribution >= 0.6 is 0 Å². The summed E-state index contributed by atoms with van der Waals surface area (Å²) < 4.78 is 5.74. The lowest BCUT2D eigenvalue weighted by atomic mass is 10.1. The first kappa shape index (κ1) is 12.0. The van der Waals surface area contributed by atoms with Gasteiger partial charge in [0.25, 0.3) is 0 Å². The molecule has 0 aliphatic carbocycles. The summed E-state index contributed by atoms with van der Waals surface area (Å²) in [5, 5.41) is 3.35. The fourth-order valence-electron chi connectivity index (χ4n) is 1.49. The minimum atomic E-state index is 0.387. The van der Waals surface area contributed by atoms with E-state index in [4.69, 9.17) is 4.74 Å². The van der Waals surface area contributed by atoms with Crippen LogP contribution in [0.2, 0.25) is 0 Å². The summed E-state index contributed by atoms with van der Waals surface area (Å²) in [6.45, 7) is 13.1. The Morgan fingerprint density at radius 2 is 1.86 bits per heavy atom. The van der Waals surface area contributed by atoms with Crippen molar-refractivity contribution >= 4 is 0 Å². The molecular formula is C11H24N2O. The minimum absolute atomic E-state index is 0.387. The van der Waals surface area contributed by atoms with Crippen molar-refractivity contribution in [3.05, 3.63) is 0 Å². The van der Waals surface area contributed by atoms with E-state index in [9.17, 15) is 0 Å². The van der Waals surface area contributed by atoms with Crippen LogP contribution < -0.4 is 5.32 Å². The van der Waals surface area contributed by atoms with Crippen molar-refractivity contribution in [1.82, 2.24) is 10.2 Å². The van der Waals surface area contributed by atoms with Crippen molar-refractivity contribution in [2.24, 2.45) is 5.92 Å². The van der Waals surface area contributed by atoms with Gasteiger partial charge in [-0.15, -0.1) is 0 Å². The first-order chi connectivity index (χ1) is 6.70. The maximum Gasteiger partial charge on any atom is 0.0597 e. The smallest absolute Gasteiger partial charge is 0.0597 e. The lowest BCUT2D eigenvalue weighted by molar-refractivity contribution is 0.0207. The maximum atomic E-state index is 5.74. The highest BCUT2D eigenvalue weighted by Crippen LogP contribution is 2.05. The molecule has 3 nitrogen and oxygen atoms in total. The molecule has 84 valence electrons. The second kappa shape index (κ2) is 6.38. The second-order valence-corrected chi connectivity index (χ2v) is 4.41. The summed E-state index contributed by atoms with van der Waals surface area (Å²) in [5.74, 6) is 0.623. The van der Waals surface area contributed by atoms with Crippen LogP contribution in [0.5, 0.6) is 0 Å². The molecule has 1 aliphatic rings. The Morgan fingerprint density at radius 1 is 1.21 bits per heavy atom. The third-order valence-electron chi connectivity index (χ3n) is 2.94. The Hall–Kier alpha value is -0.120. The van der Waals surface area contributed by atoms with E-state index in [1.54, 1.807) is 0 Å². The molecule has 0 saturated carbocycles. The molecule has 1 fully saturated rings. The summed E-state index contributed by atoms with van der Waals surface area (Å²) in [4.78, 5) is 2.46. The standard InChI is InChI=1S/C11H24N2O/c1-10(2)11(3)14-9-8-13-6-4-12-5-7-13/h10-12H,4-9H2,1-3H3. The highest BCUT2D eigenvalue weighted by Gasteiger charge is 2.11. The van der Waals surface area contributed by atoms with Gasteiger partial charge in [-0.2, -0.15) is 0 Å². The van der Waals surface area contributed by atoms with Gasteiger partial charge in [-0.1, -0.05) is 13.8 Å². The molecule has 1 aliphatic heterocycles. The lowest BCUT2D eigenvalue weighted by Gasteiger charge is -2.27. The summed E-state index contributed by atoms with van der Waals surface area (Å²) in [5.41, 5.74) is 0. The molecule has 1 N–H and O–H groups in total. The van der Waals surface area contributed by atoms with Gasteiger partial charge in [0.2, 0.25) is 0 Å². The number of rotatable bonds is 5. The third kappa shape index (κ3) is 4.40. The molecule has 1 saturated heterocycles. The number of ether oxygens (including phenoxy) is 1. The summed E-state index contributed by atoms with van der Waals surface area (Å²) in [6, 6.07) is 0. The van der Waals surface area contributed by atoms with E-state index in [0.29, 0.717) is 12.0 Å². The van der Waals surface area contributed by atoms with E-state index < -0.39 is 0 Å². The van der Waals surface area contributed by atoms with Crippen LogP contribution in [-0.4, -0.2) is 50.3 Å². The average Bonchev–Trinajstić information content (AvgIpc) is 2.19. The van der Waals surface area contributed by atoms with Gasteiger partial charge in [0.15, 0.2) is 0 Å². The van der Waals surface area contributed by atoms with Crippen LogP contribution in [0.1, 0.15) is 20.8 Å². The quantitative estimate of drug-likeness (QED) is 0.715. The lowest BCUT2D eigenvalue weighted by Crippen LogP contribution is -2.44. The summed E-state index contributed by atoms with van der Waals surface area (Å²) in [7, 11) is 0. The fourth-order valence-corrected chi connectivity index (χ4v) is 1.49. The molecule has 1 unspecified atom stereocenters. The molecule has 0 aromatic carbocycles. The highest BCUT2D eigenvalue weighted by molar-refractivity contribution is 4.67. The average molecular weight is 200 g/mol. The molecule has 1 atom stereocenters. The zero-order valence-corrected chi connectivity index (χ0v) is 9.75. The van der Waals surface area contributed by atoms with E-state index in [1.165, 1.54) is 13.1 Å². The Balaban J connectivity index is 2.02. The van der Waals surface area contributed by atoms with Crippen molar-refractivity contribution in [2.45, 2.75) is 26.9 Å². The second-order valence-electron chi connectivity index (χ2n) is 4.41. The van der Waals surface area contributed by atoms with Crippen LogP contribution in [0, 0.1) is 5.92 Å². The first-order valence-electron chi connectivity index (χ1n) is 5.75. The topological polar surface area (TPSA) is 24.5 Å². The Kier molecular flexibility index (Phi) is 5.45. The number of piperazine rings is 1. The molecule has 0 amide bonds. The first-order valence-corrected chi connectivity index (χ1v) is 5.75.